The molecule has 0 saturated carbocycles. The van der Waals surface area contributed by atoms with E-state index in [1.807, 2.05) is 11.0 Å². The number of benzene rings is 1. The van der Waals surface area contributed by atoms with Crippen LogP contribution in [0.5, 0.6) is 0 Å². The average molecular weight is 373 g/mol. The number of nitrogens with zero attached hydrogens (tertiary/aromatic N) is 2. The predicted molar refractivity (Wildman–Crippen MR) is 100 cm³/mol. The lowest BCUT2D eigenvalue weighted by Gasteiger charge is -2.36. The topological polar surface area (TPSA) is 79.0 Å². The molecule has 1 aromatic carbocycles. The van der Waals surface area contributed by atoms with E-state index in [1.165, 1.54) is 0 Å². The van der Waals surface area contributed by atoms with Crippen LogP contribution in [0, 0.1) is 5.92 Å². The second-order valence-electron chi connectivity index (χ2n) is 6.99. The van der Waals surface area contributed by atoms with Crippen LogP contribution in [0.3, 0.4) is 0 Å². The molecule has 1 aromatic rings. The first-order chi connectivity index (χ1) is 13.1. The minimum Gasteiger partial charge on any atom is -0.378 e. The molecule has 7 heteroatoms. The standard InChI is InChI=1S/C20H27N3O4/c24-18(8-9-21-19(25)16-5-2-1-3-6-16)23-10-4-7-17(15-23)20(26)22-11-13-27-14-12-22/h1-3,5-6,17H,4,7-15H2,(H,21,25). The first-order valence-corrected chi connectivity index (χ1v) is 9.62. The van der Waals surface area contributed by atoms with Crippen LogP contribution >= 0.6 is 0 Å². The Bertz CT molecular complexity index is 658. The molecule has 1 unspecified atom stereocenters. The molecule has 2 aliphatic rings. The summed E-state index contributed by atoms with van der Waals surface area (Å²) >= 11 is 0. The number of likely N-dealkylation sites (tertiary alicyclic amines) is 1. The van der Waals surface area contributed by atoms with Gasteiger partial charge in [0.25, 0.3) is 5.91 Å². The zero-order valence-corrected chi connectivity index (χ0v) is 15.6. The number of hydrogen-bond acceptors (Lipinski definition) is 4. The summed E-state index contributed by atoms with van der Waals surface area (Å²) in [5.74, 6) is -0.182. The van der Waals surface area contributed by atoms with Gasteiger partial charge in [-0.25, -0.2) is 0 Å². The number of amides is 3. The summed E-state index contributed by atoms with van der Waals surface area (Å²) in [5, 5.41) is 2.78. The zero-order valence-electron chi connectivity index (χ0n) is 15.6. The zero-order chi connectivity index (χ0) is 19.1. The van der Waals surface area contributed by atoms with Crippen molar-refractivity contribution in [1.82, 2.24) is 15.1 Å². The summed E-state index contributed by atoms with van der Waals surface area (Å²) in [6.45, 7) is 3.89. The maximum absolute atomic E-state index is 12.7. The summed E-state index contributed by atoms with van der Waals surface area (Å²) in [4.78, 5) is 40.8. The predicted octanol–water partition coefficient (Wildman–Crippen LogP) is 0.904. The van der Waals surface area contributed by atoms with Crippen molar-refractivity contribution in [3.63, 3.8) is 0 Å². The van der Waals surface area contributed by atoms with Crippen molar-refractivity contribution in [3.05, 3.63) is 35.9 Å². The molecule has 0 aromatic heterocycles. The molecule has 2 heterocycles. The summed E-state index contributed by atoms with van der Waals surface area (Å²) in [6, 6.07) is 8.94. The first-order valence-electron chi connectivity index (χ1n) is 9.62. The molecular weight excluding hydrogens is 346 g/mol. The van der Waals surface area contributed by atoms with Crippen LogP contribution in [0.2, 0.25) is 0 Å². The molecule has 2 fully saturated rings. The maximum Gasteiger partial charge on any atom is 0.251 e. The highest BCUT2D eigenvalue weighted by Gasteiger charge is 2.31. The van der Waals surface area contributed by atoms with Gasteiger partial charge in [0.05, 0.1) is 19.1 Å². The number of carbonyl (C=O) groups excluding carboxylic acids is 3. The Morgan fingerprint density at radius 2 is 1.78 bits per heavy atom. The van der Waals surface area contributed by atoms with Crippen molar-refractivity contribution in [2.45, 2.75) is 19.3 Å². The van der Waals surface area contributed by atoms with Gasteiger partial charge in [0.1, 0.15) is 0 Å². The Kier molecular flexibility index (Phi) is 6.81. The van der Waals surface area contributed by atoms with E-state index in [4.69, 9.17) is 4.74 Å². The molecule has 7 nitrogen and oxygen atoms in total. The summed E-state index contributed by atoms with van der Waals surface area (Å²) in [6.07, 6.45) is 1.91. The van der Waals surface area contributed by atoms with E-state index in [-0.39, 0.29) is 30.1 Å². The fourth-order valence-electron chi connectivity index (χ4n) is 3.58. The molecule has 0 bridgehead atoms. The molecule has 27 heavy (non-hydrogen) atoms. The number of nitrogens with one attached hydrogen (secondary N) is 1. The van der Waals surface area contributed by atoms with Crippen LogP contribution in [0.25, 0.3) is 0 Å². The number of hydrogen-bond donors (Lipinski definition) is 1. The Hall–Kier alpha value is -2.41. The van der Waals surface area contributed by atoms with Gasteiger partial charge in [0.15, 0.2) is 0 Å². The quantitative estimate of drug-likeness (QED) is 0.832. The minimum atomic E-state index is -0.178. The molecule has 2 saturated heterocycles. The minimum absolute atomic E-state index is 0.0113. The van der Waals surface area contributed by atoms with E-state index >= 15 is 0 Å². The molecule has 3 amide bonds. The van der Waals surface area contributed by atoms with Crippen LogP contribution in [0.15, 0.2) is 30.3 Å². The Morgan fingerprint density at radius 3 is 2.52 bits per heavy atom. The van der Waals surface area contributed by atoms with Crippen LogP contribution in [-0.2, 0) is 14.3 Å². The van der Waals surface area contributed by atoms with E-state index in [2.05, 4.69) is 5.32 Å². The van der Waals surface area contributed by atoms with Crippen molar-refractivity contribution in [1.29, 1.82) is 0 Å². The van der Waals surface area contributed by atoms with E-state index < -0.39 is 0 Å². The normalized spacial score (nSPS) is 20.2. The van der Waals surface area contributed by atoms with E-state index in [1.54, 1.807) is 29.2 Å². The number of carbonyl (C=O) groups is 3. The Labute approximate surface area is 159 Å². The van der Waals surface area contributed by atoms with Gasteiger partial charge in [0, 0.05) is 44.7 Å². The molecule has 3 rings (SSSR count). The number of morpholine rings is 1. The van der Waals surface area contributed by atoms with Gasteiger partial charge >= 0.3 is 0 Å². The maximum atomic E-state index is 12.7. The van der Waals surface area contributed by atoms with Gasteiger partial charge in [-0.3, -0.25) is 14.4 Å². The summed E-state index contributed by atoms with van der Waals surface area (Å²) in [5.41, 5.74) is 0.582. The molecular formula is C20H27N3O4. The highest BCUT2D eigenvalue weighted by Crippen LogP contribution is 2.20. The van der Waals surface area contributed by atoms with Gasteiger partial charge < -0.3 is 19.9 Å². The Morgan fingerprint density at radius 1 is 1.04 bits per heavy atom. The van der Waals surface area contributed by atoms with Crippen LogP contribution in [-0.4, -0.2) is 73.5 Å². The lowest BCUT2D eigenvalue weighted by Crippen LogP contribution is -2.49. The molecule has 146 valence electrons. The second kappa shape index (κ2) is 9.50. The molecule has 0 radical (unpaired) electrons. The third-order valence-electron chi connectivity index (χ3n) is 5.11. The molecule has 2 aliphatic heterocycles. The lowest BCUT2D eigenvalue weighted by molar-refractivity contribution is -0.143. The summed E-state index contributed by atoms with van der Waals surface area (Å²) < 4.78 is 5.30. The monoisotopic (exact) mass is 373 g/mol. The van der Waals surface area contributed by atoms with Crippen molar-refractivity contribution in [2.24, 2.45) is 5.92 Å². The molecule has 1 atom stereocenters. The van der Waals surface area contributed by atoms with Crippen LogP contribution in [0.1, 0.15) is 29.6 Å². The van der Waals surface area contributed by atoms with Crippen molar-refractivity contribution >= 4 is 17.7 Å². The average Bonchev–Trinajstić information content (AvgIpc) is 2.74. The SMILES string of the molecule is O=C(NCCC(=O)N1CCCC(C(=O)N2CCOCC2)C1)c1ccccc1. The fourth-order valence-corrected chi connectivity index (χ4v) is 3.58. The third-order valence-corrected chi connectivity index (χ3v) is 5.11. The van der Waals surface area contributed by atoms with Crippen molar-refractivity contribution in [2.75, 3.05) is 45.9 Å². The van der Waals surface area contributed by atoms with Crippen LogP contribution in [0.4, 0.5) is 0 Å². The second-order valence-corrected chi connectivity index (χ2v) is 6.99. The molecule has 1 N–H and O–H groups in total. The van der Waals surface area contributed by atoms with E-state index in [0.29, 0.717) is 51.5 Å². The van der Waals surface area contributed by atoms with Gasteiger partial charge in [-0.15, -0.1) is 0 Å². The number of rotatable bonds is 5. The molecule has 0 spiro atoms. The molecule has 0 aliphatic carbocycles. The highest BCUT2D eigenvalue weighted by atomic mass is 16.5. The van der Waals surface area contributed by atoms with Crippen molar-refractivity contribution in [3.8, 4) is 0 Å². The largest absolute Gasteiger partial charge is 0.378 e. The fraction of sp³-hybridized carbons (Fsp3) is 0.550. The smallest absolute Gasteiger partial charge is 0.251 e. The van der Waals surface area contributed by atoms with E-state index in [9.17, 15) is 14.4 Å². The van der Waals surface area contributed by atoms with E-state index in [0.717, 1.165) is 12.8 Å². The van der Waals surface area contributed by atoms with Gasteiger partial charge in [-0.1, -0.05) is 18.2 Å². The van der Waals surface area contributed by atoms with Gasteiger partial charge in [-0.05, 0) is 25.0 Å². The van der Waals surface area contributed by atoms with Gasteiger partial charge in [-0.2, -0.15) is 0 Å². The number of piperidine rings is 1. The third kappa shape index (κ3) is 5.29. The number of ether oxygens (including phenoxy) is 1. The van der Waals surface area contributed by atoms with Gasteiger partial charge in [0.2, 0.25) is 11.8 Å². The Balaban J connectivity index is 1.44. The summed E-state index contributed by atoms with van der Waals surface area (Å²) in [7, 11) is 0. The van der Waals surface area contributed by atoms with Crippen molar-refractivity contribution < 1.29 is 19.1 Å². The lowest BCUT2D eigenvalue weighted by atomic mass is 9.96. The first kappa shape index (κ1) is 19.4. The highest BCUT2D eigenvalue weighted by molar-refractivity contribution is 5.94. The van der Waals surface area contributed by atoms with Crippen LogP contribution < -0.4 is 5.32 Å².